The highest BCUT2D eigenvalue weighted by Crippen LogP contribution is 2.39. The van der Waals surface area contributed by atoms with E-state index in [0.717, 1.165) is 33.9 Å². The van der Waals surface area contributed by atoms with Crippen molar-refractivity contribution < 1.29 is 4.42 Å². The first-order valence-electron chi connectivity index (χ1n) is 6.73. The first-order chi connectivity index (χ1) is 9.83. The molecule has 2 N–H and O–H groups in total. The fourth-order valence-corrected chi connectivity index (χ4v) is 3.25. The molecule has 1 fully saturated rings. The van der Waals surface area contributed by atoms with Crippen molar-refractivity contribution in [2.45, 2.75) is 25.4 Å². The number of nitrogen functional groups attached to an aromatic ring is 1. The van der Waals surface area contributed by atoms with Crippen molar-refractivity contribution in [2.24, 2.45) is 0 Å². The van der Waals surface area contributed by atoms with Crippen LogP contribution in [0.3, 0.4) is 0 Å². The van der Waals surface area contributed by atoms with E-state index in [1.165, 1.54) is 12.8 Å². The number of benzene rings is 1. The van der Waals surface area contributed by atoms with Crippen LogP contribution in [0.15, 0.2) is 40.5 Å². The van der Waals surface area contributed by atoms with E-state index in [2.05, 4.69) is 22.0 Å². The van der Waals surface area contributed by atoms with Crippen LogP contribution in [0.4, 0.5) is 11.4 Å². The Balaban J connectivity index is 1.75. The van der Waals surface area contributed by atoms with Crippen LogP contribution in [0.2, 0.25) is 0 Å². The van der Waals surface area contributed by atoms with E-state index >= 15 is 0 Å². The number of aromatic nitrogens is 1. The van der Waals surface area contributed by atoms with Gasteiger partial charge in [-0.05, 0) is 37.1 Å². The van der Waals surface area contributed by atoms with Gasteiger partial charge in [-0.2, -0.15) is 0 Å². The van der Waals surface area contributed by atoms with Crippen molar-refractivity contribution in [3.05, 3.63) is 41.8 Å². The number of nitrogens with zero attached hydrogens (tertiary/aromatic N) is 2. The number of anilines is 2. The summed E-state index contributed by atoms with van der Waals surface area (Å²) in [5, 5.41) is 0. The smallest absolute Gasteiger partial charge is 0.123 e. The summed E-state index contributed by atoms with van der Waals surface area (Å²) in [5.74, 6) is 0.967. The van der Waals surface area contributed by atoms with Gasteiger partial charge in [-0.1, -0.05) is 0 Å². The molecule has 5 heteroatoms. The van der Waals surface area contributed by atoms with Gasteiger partial charge in [0.15, 0.2) is 0 Å². The highest BCUT2D eigenvalue weighted by Gasteiger charge is 2.31. The maximum atomic E-state index is 6.33. The molecule has 0 saturated heterocycles. The second kappa shape index (κ2) is 4.52. The minimum Gasteiger partial charge on any atom is -0.467 e. The van der Waals surface area contributed by atoms with Gasteiger partial charge in [0.2, 0.25) is 0 Å². The Morgan fingerprint density at radius 3 is 3.00 bits per heavy atom. The number of furan rings is 1. The molecule has 0 amide bonds. The lowest BCUT2D eigenvalue weighted by Gasteiger charge is -2.25. The zero-order chi connectivity index (χ0) is 13.5. The van der Waals surface area contributed by atoms with Crippen LogP contribution in [-0.4, -0.2) is 11.0 Å². The molecule has 0 radical (unpaired) electrons. The lowest BCUT2D eigenvalue weighted by atomic mass is 10.2. The van der Waals surface area contributed by atoms with Gasteiger partial charge in [-0.25, -0.2) is 4.98 Å². The number of hydrogen-bond acceptors (Lipinski definition) is 5. The maximum absolute atomic E-state index is 6.33. The normalized spacial score (nSPS) is 14.8. The summed E-state index contributed by atoms with van der Waals surface area (Å²) in [5.41, 5.74) is 10.9. The highest BCUT2D eigenvalue weighted by atomic mass is 32.1. The van der Waals surface area contributed by atoms with Crippen molar-refractivity contribution in [3.63, 3.8) is 0 Å². The molecule has 0 spiro atoms. The molecule has 0 aliphatic heterocycles. The molecule has 102 valence electrons. The van der Waals surface area contributed by atoms with E-state index < -0.39 is 0 Å². The first-order valence-corrected chi connectivity index (χ1v) is 7.61. The van der Waals surface area contributed by atoms with Crippen LogP contribution < -0.4 is 10.6 Å². The Morgan fingerprint density at radius 1 is 1.35 bits per heavy atom. The molecule has 4 nitrogen and oxygen atoms in total. The molecule has 3 aromatic rings. The molecular formula is C15H15N3OS. The second-order valence-corrected chi connectivity index (χ2v) is 6.02. The van der Waals surface area contributed by atoms with Gasteiger partial charge in [0.05, 0.1) is 34.4 Å². The lowest BCUT2D eigenvalue weighted by Crippen LogP contribution is -2.25. The van der Waals surface area contributed by atoms with E-state index in [0.29, 0.717) is 6.04 Å². The van der Waals surface area contributed by atoms with Crippen molar-refractivity contribution in [1.82, 2.24) is 4.98 Å². The number of nitrogens with two attached hydrogens (primary N) is 1. The minimum atomic E-state index is 0.568. The van der Waals surface area contributed by atoms with E-state index in [1.54, 1.807) is 17.6 Å². The Kier molecular flexibility index (Phi) is 2.67. The van der Waals surface area contributed by atoms with Gasteiger partial charge in [-0.15, -0.1) is 11.3 Å². The quantitative estimate of drug-likeness (QED) is 0.744. The van der Waals surface area contributed by atoms with Crippen LogP contribution in [-0.2, 0) is 6.54 Å². The van der Waals surface area contributed by atoms with Gasteiger partial charge < -0.3 is 15.1 Å². The van der Waals surface area contributed by atoms with Gasteiger partial charge in [0.25, 0.3) is 0 Å². The minimum absolute atomic E-state index is 0.568. The van der Waals surface area contributed by atoms with Gasteiger partial charge in [-0.3, -0.25) is 0 Å². The Morgan fingerprint density at radius 2 is 2.25 bits per heavy atom. The molecule has 1 aromatic carbocycles. The van der Waals surface area contributed by atoms with E-state index in [9.17, 15) is 0 Å². The Labute approximate surface area is 120 Å². The van der Waals surface area contributed by atoms with E-state index in [4.69, 9.17) is 10.2 Å². The predicted octanol–water partition coefficient (Wildman–Crippen LogP) is 3.64. The third kappa shape index (κ3) is 1.94. The van der Waals surface area contributed by atoms with Gasteiger partial charge in [0.1, 0.15) is 11.3 Å². The number of rotatable bonds is 4. The standard InChI is InChI=1S/C15H15N3OS/c16-14-12(5-6-13-15(14)17-9-20-13)18(10-3-4-10)8-11-2-1-7-19-11/h1-2,5-7,9-10H,3-4,8,16H2. The Hall–Kier alpha value is -2.01. The number of fused-ring (bicyclic) bond motifs is 1. The van der Waals surface area contributed by atoms with Crippen LogP contribution in [0, 0.1) is 0 Å². The monoisotopic (exact) mass is 285 g/mol. The van der Waals surface area contributed by atoms with Crippen molar-refractivity contribution >= 4 is 32.9 Å². The zero-order valence-electron chi connectivity index (χ0n) is 11.0. The number of hydrogen-bond donors (Lipinski definition) is 1. The summed E-state index contributed by atoms with van der Waals surface area (Å²) in [4.78, 5) is 6.72. The molecule has 1 aliphatic carbocycles. The molecule has 2 heterocycles. The summed E-state index contributed by atoms with van der Waals surface area (Å²) in [6.07, 6.45) is 4.15. The fraction of sp³-hybridized carbons (Fsp3) is 0.267. The van der Waals surface area contributed by atoms with Crippen LogP contribution in [0.25, 0.3) is 10.2 Å². The molecule has 20 heavy (non-hydrogen) atoms. The third-order valence-electron chi connectivity index (χ3n) is 3.72. The van der Waals surface area contributed by atoms with Gasteiger partial charge >= 0.3 is 0 Å². The van der Waals surface area contributed by atoms with Crippen LogP contribution in [0.1, 0.15) is 18.6 Å². The fourth-order valence-electron chi connectivity index (χ4n) is 2.56. The van der Waals surface area contributed by atoms with Crippen molar-refractivity contribution in [2.75, 3.05) is 10.6 Å². The first kappa shape index (κ1) is 11.8. The molecule has 0 unspecified atom stereocenters. The summed E-state index contributed by atoms with van der Waals surface area (Å²) in [7, 11) is 0. The molecule has 1 aliphatic rings. The summed E-state index contributed by atoms with van der Waals surface area (Å²) < 4.78 is 6.62. The summed E-state index contributed by atoms with van der Waals surface area (Å²) in [6.45, 7) is 0.761. The third-order valence-corrected chi connectivity index (χ3v) is 4.52. The summed E-state index contributed by atoms with van der Waals surface area (Å²) in [6, 6.07) is 8.71. The van der Waals surface area contributed by atoms with Crippen molar-refractivity contribution in [1.29, 1.82) is 0 Å². The molecular weight excluding hydrogens is 270 g/mol. The largest absolute Gasteiger partial charge is 0.467 e. The number of thiazole rings is 1. The van der Waals surface area contributed by atoms with E-state index in [-0.39, 0.29) is 0 Å². The second-order valence-electron chi connectivity index (χ2n) is 5.14. The topological polar surface area (TPSA) is 55.3 Å². The van der Waals surface area contributed by atoms with Crippen molar-refractivity contribution in [3.8, 4) is 0 Å². The molecule has 2 aromatic heterocycles. The molecule has 1 saturated carbocycles. The Bertz CT molecular complexity index is 731. The lowest BCUT2D eigenvalue weighted by molar-refractivity contribution is 0.501. The molecule has 4 rings (SSSR count). The maximum Gasteiger partial charge on any atom is 0.123 e. The van der Waals surface area contributed by atoms with Crippen LogP contribution in [0.5, 0.6) is 0 Å². The SMILES string of the molecule is Nc1c(N(Cc2ccco2)C2CC2)ccc2scnc12. The molecule has 0 bridgehead atoms. The van der Waals surface area contributed by atoms with Crippen LogP contribution >= 0.6 is 11.3 Å². The molecule has 0 atom stereocenters. The highest BCUT2D eigenvalue weighted by molar-refractivity contribution is 7.16. The zero-order valence-corrected chi connectivity index (χ0v) is 11.8. The summed E-state index contributed by atoms with van der Waals surface area (Å²) >= 11 is 1.62. The van der Waals surface area contributed by atoms with E-state index in [1.807, 2.05) is 17.6 Å². The van der Waals surface area contributed by atoms with Gasteiger partial charge in [0, 0.05) is 6.04 Å². The average molecular weight is 285 g/mol. The predicted molar refractivity (Wildman–Crippen MR) is 81.9 cm³/mol. The average Bonchev–Trinajstić information content (AvgIpc) is 2.97.